The lowest BCUT2D eigenvalue weighted by molar-refractivity contribution is -0.136. The fraction of sp³-hybridized carbons (Fsp3) is 0.750. The Labute approximate surface area is 115 Å². The Morgan fingerprint density at radius 1 is 1.32 bits per heavy atom. The first kappa shape index (κ1) is 14.3. The average molecular weight is 264 g/mol. The van der Waals surface area contributed by atoms with E-state index in [0.717, 1.165) is 32.1 Å². The van der Waals surface area contributed by atoms with Crippen molar-refractivity contribution in [3.63, 3.8) is 0 Å². The van der Waals surface area contributed by atoms with Gasteiger partial charge in [-0.15, -0.1) is 0 Å². The van der Waals surface area contributed by atoms with Crippen molar-refractivity contribution in [1.29, 1.82) is 0 Å². The van der Waals surface area contributed by atoms with Gasteiger partial charge in [-0.3, -0.25) is 4.79 Å². The van der Waals surface area contributed by atoms with E-state index in [0.29, 0.717) is 17.8 Å². The van der Waals surface area contributed by atoms with Crippen molar-refractivity contribution in [3.8, 4) is 0 Å². The van der Waals surface area contributed by atoms with Crippen LogP contribution in [0, 0.1) is 16.7 Å². The first-order chi connectivity index (χ1) is 8.84. The molecule has 3 atom stereocenters. The first-order valence-electron chi connectivity index (χ1n) is 7.14. The Kier molecular flexibility index (Phi) is 3.59. The molecule has 19 heavy (non-hydrogen) atoms. The molecule has 0 aromatic heterocycles. The lowest BCUT2D eigenvalue weighted by Gasteiger charge is -2.38. The summed E-state index contributed by atoms with van der Waals surface area (Å²) >= 11 is 0. The zero-order valence-electron chi connectivity index (χ0n) is 12.3. The van der Waals surface area contributed by atoms with Crippen molar-refractivity contribution < 1.29 is 14.3 Å². The van der Waals surface area contributed by atoms with Crippen LogP contribution in [-0.4, -0.2) is 18.9 Å². The zero-order valence-corrected chi connectivity index (χ0v) is 12.3. The van der Waals surface area contributed by atoms with Gasteiger partial charge in [0.25, 0.3) is 0 Å². The Morgan fingerprint density at radius 3 is 2.63 bits per heavy atom. The molecule has 0 saturated heterocycles. The molecule has 3 heteroatoms. The number of ketones is 1. The maximum atomic E-state index is 12.7. The Hall–Kier alpha value is -1.12. The summed E-state index contributed by atoms with van der Waals surface area (Å²) in [5.74, 6) is -0.112. The maximum Gasteiger partial charge on any atom is 0.333 e. The molecule has 0 N–H and O–H groups in total. The van der Waals surface area contributed by atoms with Gasteiger partial charge in [0.05, 0.1) is 7.11 Å². The number of carbonyl (C=O) groups excluding carboxylic acids is 2. The Morgan fingerprint density at radius 2 is 2.00 bits per heavy atom. The van der Waals surface area contributed by atoms with E-state index >= 15 is 0 Å². The molecule has 2 aliphatic rings. The molecule has 0 aromatic carbocycles. The zero-order chi connectivity index (χ0) is 14.3. The molecule has 2 rings (SSSR count). The van der Waals surface area contributed by atoms with Crippen molar-refractivity contribution in [2.45, 2.75) is 52.4 Å². The highest BCUT2D eigenvalue weighted by molar-refractivity contribution is 5.91. The van der Waals surface area contributed by atoms with Gasteiger partial charge in [0.2, 0.25) is 0 Å². The number of methoxy groups -OCH3 is 1. The van der Waals surface area contributed by atoms with Gasteiger partial charge in [0.1, 0.15) is 5.78 Å². The molecule has 3 unspecified atom stereocenters. The van der Waals surface area contributed by atoms with E-state index in [-0.39, 0.29) is 22.7 Å². The number of hydrogen-bond acceptors (Lipinski definition) is 3. The molecular weight excluding hydrogens is 240 g/mol. The summed E-state index contributed by atoms with van der Waals surface area (Å²) in [7, 11) is 1.36. The summed E-state index contributed by atoms with van der Waals surface area (Å²) in [4.78, 5) is 24.3. The van der Waals surface area contributed by atoms with Gasteiger partial charge in [-0.05, 0) is 37.0 Å². The number of carbonyl (C=O) groups is 2. The molecule has 2 saturated carbocycles. The molecular formula is C16H24O3. The predicted molar refractivity (Wildman–Crippen MR) is 73.6 cm³/mol. The minimum atomic E-state index is -0.375. The molecule has 3 nitrogen and oxygen atoms in total. The van der Waals surface area contributed by atoms with Crippen LogP contribution in [0.25, 0.3) is 0 Å². The molecule has 2 fully saturated rings. The van der Waals surface area contributed by atoms with Crippen LogP contribution < -0.4 is 0 Å². The molecule has 0 amide bonds. The minimum Gasteiger partial charge on any atom is -0.466 e. The van der Waals surface area contributed by atoms with Gasteiger partial charge in [-0.2, -0.15) is 0 Å². The van der Waals surface area contributed by atoms with Crippen molar-refractivity contribution >= 4 is 11.8 Å². The Balaban J connectivity index is 2.23. The van der Waals surface area contributed by atoms with Gasteiger partial charge in [0, 0.05) is 17.4 Å². The predicted octanol–water partition coefficient (Wildman–Crippen LogP) is 3.28. The topological polar surface area (TPSA) is 43.4 Å². The van der Waals surface area contributed by atoms with Crippen LogP contribution in [0.5, 0.6) is 0 Å². The van der Waals surface area contributed by atoms with E-state index in [9.17, 15) is 9.59 Å². The fourth-order valence-corrected chi connectivity index (χ4v) is 3.93. The van der Waals surface area contributed by atoms with E-state index in [4.69, 9.17) is 4.74 Å². The van der Waals surface area contributed by atoms with Crippen LogP contribution in [0.15, 0.2) is 12.2 Å². The summed E-state index contributed by atoms with van der Waals surface area (Å²) in [5, 5.41) is 0. The number of hydrogen-bond donors (Lipinski definition) is 0. The quantitative estimate of drug-likeness (QED) is 0.568. The van der Waals surface area contributed by atoms with Gasteiger partial charge < -0.3 is 4.74 Å². The van der Waals surface area contributed by atoms with E-state index in [1.165, 1.54) is 7.11 Å². The van der Waals surface area contributed by atoms with Gasteiger partial charge in [0.15, 0.2) is 0 Å². The van der Waals surface area contributed by atoms with Crippen LogP contribution in [0.2, 0.25) is 0 Å². The number of fused-ring (bicyclic) bond motifs is 1. The maximum absolute atomic E-state index is 12.7. The summed E-state index contributed by atoms with van der Waals surface area (Å²) in [6, 6.07) is 0. The van der Waals surface area contributed by atoms with Crippen LogP contribution in [0.1, 0.15) is 52.4 Å². The largest absolute Gasteiger partial charge is 0.466 e. The average Bonchev–Trinajstić information content (AvgIpc) is 2.65. The fourth-order valence-electron chi connectivity index (χ4n) is 3.93. The molecule has 0 heterocycles. The third kappa shape index (κ3) is 2.13. The molecule has 0 radical (unpaired) electrons. The van der Waals surface area contributed by atoms with E-state index < -0.39 is 0 Å². The second-order valence-electron chi connectivity index (χ2n) is 6.63. The summed E-state index contributed by atoms with van der Waals surface area (Å²) in [6.45, 7) is 8.19. The second kappa shape index (κ2) is 4.77. The SMILES string of the molecule is C=C(C(=O)OC)C1CCC2(C)CCCC2(C)C(=O)C1. The monoisotopic (exact) mass is 264 g/mol. The van der Waals surface area contributed by atoms with E-state index in [1.54, 1.807) is 0 Å². The summed E-state index contributed by atoms with van der Waals surface area (Å²) in [6.07, 6.45) is 5.55. The highest BCUT2D eigenvalue weighted by Gasteiger charge is 2.54. The molecule has 0 bridgehead atoms. The number of ether oxygens (including phenoxy) is 1. The normalized spacial score (nSPS) is 38.5. The van der Waals surface area contributed by atoms with Gasteiger partial charge >= 0.3 is 5.97 Å². The highest BCUT2D eigenvalue weighted by Crippen LogP contribution is 2.58. The lowest BCUT2D eigenvalue weighted by atomic mass is 9.64. The van der Waals surface area contributed by atoms with Crippen molar-refractivity contribution in [1.82, 2.24) is 0 Å². The van der Waals surface area contributed by atoms with Gasteiger partial charge in [-0.25, -0.2) is 4.79 Å². The number of rotatable bonds is 2. The summed E-state index contributed by atoms with van der Waals surface area (Å²) < 4.78 is 4.74. The number of Topliss-reactive ketones (excluding diaryl/α,β-unsaturated/α-hetero) is 1. The standard InChI is InChI=1S/C16H24O3/c1-11(14(18)19-4)12-6-9-15(2)7-5-8-16(15,3)13(17)10-12/h12H,1,5-10H2,2-4H3. The third-order valence-corrected chi connectivity index (χ3v) is 5.77. The van der Waals surface area contributed by atoms with E-state index in [2.05, 4.69) is 20.4 Å². The first-order valence-corrected chi connectivity index (χ1v) is 7.14. The molecule has 106 valence electrons. The van der Waals surface area contributed by atoms with Crippen LogP contribution in [0.4, 0.5) is 0 Å². The molecule has 0 aliphatic heterocycles. The van der Waals surface area contributed by atoms with Crippen molar-refractivity contribution in [2.24, 2.45) is 16.7 Å². The summed E-state index contributed by atoms with van der Waals surface area (Å²) in [5.41, 5.74) is 0.343. The number of esters is 1. The second-order valence-corrected chi connectivity index (χ2v) is 6.63. The minimum absolute atomic E-state index is 0.0424. The van der Waals surface area contributed by atoms with Crippen LogP contribution in [0.3, 0.4) is 0 Å². The third-order valence-electron chi connectivity index (χ3n) is 5.77. The molecule has 0 aromatic rings. The molecule has 2 aliphatic carbocycles. The smallest absolute Gasteiger partial charge is 0.333 e. The molecule has 0 spiro atoms. The van der Waals surface area contributed by atoms with Crippen molar-refractivity contribution in [3.05, 3.63) is 12.2 Å². The van der Waals surface area contributed by atoms with Gasteiger partial charge in [-0.1, -0.05) is 26.8 Å². The van der Waals surface area contributed by atoms with Crippen LogP contribution >= 0.6 is 0 Å². The van der Waals surface area contributed by atoms with Crippen LogP contribution in [-0.2, 0) is 14.3 Å². The lowest BCUT2D eigenvalue weighted by Crippen LogP contribution is -2.38. The highest BCUT2D eigenvalue weighted by atomic mass is 16.5. The van der Waals surface area contributed by atoms with E-state index in [1.807, 2.05) is 0 Å². The van der Waals surface area contributed by atoms with Crippen molar-refractivity contribution in [2.75, 3.05) is 7.11 Å². The Bertz CT molecular complexity index is 426.